The fraction of sp³-hybridized carbons (Fsp3) is 0.538. The number of nitrogens with zero attached hydrogens (tertiary/aromatic N) is 1. The van der Waals surface area contributed by atoms with Gasteiger partial charge in [0.2, 0.25) is 0 Å². The second-order valence-corrected chi connectivity index (χ2v) is 4.52. The summed E-state index contributed by atoms with van der Waals surface area (Å²) in [7, 11) is 1.62. The van der Waals surface area contributed by atoms with Crippen LogP contribution in [0.3, 0.4) is 0 Å². The molecule has 1 aromatic carbocycles. The van der Waals surface area contributed by atoms with Gasteiger partial charge in [-0.2, -0.15) is 0 Å². The molecule has 0 aromatic heterocycles. The number of hydrogen-bond acceptors (Lipinski definition) is 4. The van der Waals surface area contributed by atoms with Crippen molar-refractivity contribution < 1.29 is 14.9 Å². The van der Waals surface area contributed by atoms with E-state index in [0.29, 0.717) is 19.6 Å². The van der Waals surface area contributed by atoms with Crippen molar-refractivity contribution in [3.8, 4) is 5.75 Å². The zero-order chi connectivity index (χ0) is 13.4. The van der Waals surface area contributed by atoms with Gasteiger partial charge in [0.1, 0.15) is 5.75 Å². The van der Waals surface area contributed by atoms with Crippen molar-refractivity contribution in [1.82, 2.24) is 4.90 Å². The normalized spacial score (nSPS) is 12.7. The van der Waals surface area contributed by atoms with E-state index >= 15 is 0 Å². The van der Waals surface area contributed by atoms with E-state index in [4.69, 9.17) is 26.6 Å². The molecule has 0 radical (unpaired) electrons. The molecule has 0 bridgehead atoms. The Kier molecular flexibility index (Phi) is 7.05. The molecule has 1 aromatic rings. The maximum Gasteiger partial charge on any atom is 0.118 e. The minimum absolute atomic E-state index is 0.0617. The molecule has 1 rings (SSSR count). The molecule has 0 aliphatic heterocycles. The molecule has 0 heterocycles. The lowest BCUT2D eigenvalue weighted by molar-refractivity contribution is 0.161. The van der Waals surface area contributed by atoms with Crippen molar-refractivity contribution in [3.05, 3.63) is 29.8 Å². The number of ether oxygens (including phenoxy) is 1. The molecule has 0 saturated carbocycles. The van der Waals surface area contributed by atoms with Crippen molar-refractivity contribution in [3.63, 3.8) is 0 Å². The van der Waals surface area contributed by atoms with Gasteiger partial charge in [0.15, 0.2) is 0 Å². The number of aliphatic hydroxyl groups excluding tert-OH is 2. The van der Waals surface area contributed by atoms with Gasteiger partial charge in [0.05, 0.1) is 25.7 Å². The van der Waals surface area contributed by atoms with Gasteiger partial charge in [-0.3, -0.25) is 4.90 Å². The van der Waals surface area contributed by atoms with Gasteiger partial charge in [0.25, 0.3) is 0 Å². The average molecular weight is 274 g/mol. The van der Waals surface area contributed by atoms with Crippen LogP contribution in [0.15, 0.2) is 24.3 Å². The summed E-state index contributed by atoms with van der Waals surface area (Å²) in [6, 6.07) is 7.58. The fourth-order valence-electron chi connectivity index (χ4n) is 1.72. The second kappa shape index (κ2) is 8.32. The zero-order valence-electron chi connectivity index (χ0n) is 10.6. The number of rotatable bonds is 8. The molecule has 1 unspecified atom stereocenters. The molecule has 0 amide bonds. The molecular formula is C13H20ClNO3. The number of benzene rings is 1. The molecule has 18 heavy (non-hydrogen) atoms. The van der Waals surface area contributed by atoms with E-state index in [1.54, 1.807) is 7.11 Å². The Labute approximate surface area is 113 Å². The minimum atomic E-state index is -0.172. The van der Waals surface area contributed by atoms with Gasteiger partial charge >= 0.3 is 0 Å². The standard InChI is InChI=1S/C13H20ClNO3/c1-18-12-4-2-11(3-5-12)13(14)10-15(6-8-16)7-9-17/h2-5,13,16-17H,6-10H2,1H3. The van der Waals surface area contributed by atoms with Crippen LogP contribution in [-0.2, 0) is 0 Å². The van der Waals surface area contributed by atoms with E-state index in [2.05, 4.69) is 0 Å². The number of hydrogen-bond donors (Lipinski definition) is 2. The summed E-state index contributed by atoms with van der Waals surface area (Å²) in [6.45, 7) is 1.74. The Balaban J connectivity index is 2.58. The highest BCUT2D eigenvalue weighted by molar-refractivity contribution is 6.21. The molecule has 0 spiro atoms. The molecule has 5 heteroatoms. The molecule has 2 N–H and O–H groups in total. The summed E-state index contributed by atoms with van der Waals surface area (Å²) in [6.07, 6.45) is 0. The van der Waals surface area contributed by atoms with Gasteiger partial charge in [-0.25, -0.2) is 0 Å². The van der Waals surface area contributed by atoms with Crippen molar-refractivity contribution in [2.24, 2.45) is 0 Å². The predicted octanol–water partition coefficient (Wildman–Crippen LogP) is 1.26. The summed E-state index contributed by atoms with van der Waals surface area (Å²) in [5.41, 5.74) is 0.998. The van der Waals surface area contributed by atoms with Crippen molar-refractivity contribution >= 4 is 11.6 Å². The van der Waals surface area contributed by atoms with E-state index in [1.165, 1.54) is 0 Å². The largest absolute Gasteiger partial charge is 0.497 e. The maximum absolute atomic E-state index is 8.93. The van der Waals surface area contributed by atoms with E-state index in [-0.39, 0.29) is 18.6 Å². The Morgan fingerprint density at radius 1 is 1.17 bits per heavy atom. The van der Waals surface area contributed by atoms with Crippen LogP contribution in [0.1, 0.15) is 10.9 Å². The van der Waals surface area contributed by atoms with Crippen LogP contribution in [-0.4, -0.2) is 55.1 Å². The molecule has 102 valence electrons. The lowest BCUT2D eigenvalue weighted by atomic mass is 10.1. The predicted molar refractivity (Wildman–Crippen MR) is 72.2 cm³/mol. The van der Waals surface area contributed by atoms with E-state index in [9.17, 15) is 0 Å². The van der Waals surface area contributed by atoms with Gasteiger partial charge < -0.3 is 14.9 Å². The molecule has 4 nitrogen and oxygen atoms in total. The third-order valence-corrected chi connectivity index (χ3v) is 3.12. The Hall–Kier alpha value is -0.810. The van der Waals surface area contributed by atoms with Gasteiger partial charge in [-0.15, -0.1) is 11.6 Å². The number of aliphatic hydroxyl groups is 2. The maximum atomic E-state index is 8.93. The lowest BCUT2D eigenvalue weighted by Gasteiger charge is -2.23. The van der Waals surface area contributed by atoms with Gasteiger partial charge in [-0.05, 0) is 17.7 Å². The monoisotopic (exact) mass is 273 g/mol. The molecular weight excluding hydrogens is 254 g/mol. The Morgan fingerprint density at radius 2 is 1.72 bits per heavy atom. The number of alkyl halides is 1. The van der Waals surface area contributed by atoms with Crippen LogP contribution in [0.2, 0.25) is 0 Å². The SMILES string of the molecule is COc1ccc(C(Cl)CN(CCO)CCO)cc1. The second-order valence-electron chi connectivity index (χ2n) is 3.99. The first-order valence-corrected chi connectivity index (χ1v) is 6.37. The van der Waals surface area contributed by atoms with Crippen molar-refractivity contribution in [1.29, 1.82) is 0 Å². The van der Waals surface area contributed by atoms with Crippen LogP contribution in [0.25, 0.3) is 0 Å². The first-order chi connectivity index (χ1) is 8.71. The topological polar surface area (TPSA) is 52.9 Å². The van der Waals surface area contributed by atoms with Crippen LogP contribution < -0.4 is 4.74 Å². The van der Waals surface area contributed by atoms with Crippen LogP contribution >= 0.6 is 11.6 Å². The summed E-state index contributed by atoms with van der Waals surface area (Å²) in [5.74, 6) is 0.796. The lowest BCUT2D eigenvalue weighted by Crippen LogP contribution is -2.32. The van der Waals surface area contributed by atoms with Crippen molar-refractivity contribution in [2.45, 2.75) is 5.38 Å². The molecule has 0 aliphatic carbocycles. The first kappa shape index (κ1) is 15.2. The quantitative estimate of drug-likeness (QED) is 0.701. The fourth-order valence-corrected chi connectivity index (χ4v) is 2.06. The summed E-state index contributed by atoms with van der Waals surface area (Å²) < 4.78 is 5.09. The molecule has 0 saturated heterocycles. The third-order valence-electron chi connectivity index (χ3n) is 2.73. The average Bonchev–Trinajstić information content (AvgIpc) is 2.39. The molecule has 0 aliphatic rings. The van der Waals surface area contributed by atoms with E-state index < -0.39 is 0 Å². The molecule has 1 atom stereocenters. The van der Waals surface area contributed by atoms with Gasteiger partial charge in [0, 0.05) is 19.6 Å². The van der Waals surface area contributed by atoms with Crippen LogP contribution in [0, 0.1) is 0 Å². The molecule has 0 fully saturated rings. The third kappa shape index (κ3) is 4.82. The number of methoxy groups -OCH3 is 1. The van der Waals surface area contributed by atoms with Crippen molar-refractivity contribution in [2.75, 3.05) is 40.0 Å². The highest BCUT2D eigenvalue weighted by atomic mass is 35.5. The summed E-state index contributed by atoms with van der Waals surface area (Å²) in [4.78, 5) is 1.93. The van der Waals surface area contributed by atoms with Crippen LogP contribution in [0.5, 0.6) is 5.75 Å². The Morgan fingerprint density at radius 3 is 2.17 bits per heavy atom. The number of halogens is 1. The highest BCUT2D eigenvalue weighted by Crippen LogP contribution is 2.23. The summed E-state index contributed by atoms with van der Waals surface area (Å²) >= 11 is 6.32. The smallest absolute Gasteiger partial charge is 0.118 e. The highest BCUT2D eigenvalue weighted by Gasteiger charge is 2.13. The van der Waals surface area contributed by atoms with Gasteiger partial charge in [-0.1, -0.05) is 12.1 Å². The van der Waals surface area contributed by atoms with Crippen LogP contribution in [0.4, 0.5) is 0 Å². The van der Waals surface area contributed by atoms with E-state index in [1.807, 2.05) is 29.2 Å². The first-order valence-electron chi connectivity index (χ1n) is 5.93. The Bertz CT molecular complexity index is 326. The zero-order valence-corrected chi connectivity index (χ0v) is 11.3. The minimum Gasteiger partial charge on any atom is -0.497 e. The summed E-state index contributed by atoms with van der Waals surface area (Å²) in [5, 5.41) is 17.7. The van der Waals surface area contributed by atoms with E-state index in [0.717, 1.165) is 11.3 Å².